The first kappa shape index (κ1) is 17.3. The summed E-state index contributed by atoms with van der Waals surface area (Å²) in [6.07, 6.45) is 11.4. The van der Waals surface area contributed by atoms with Crippen molar-refractivity contribution in [2.75, 3.05) is 0 Å². The van der Waals surface area contributed by atoms with Crippen molar-refractivity contribution >= 4 is 5.97 Å². The molecule has 0 aromatic carbocycles. The van der Waals surface area contributed by atoms with Crippen LogP contribution in [0.5, 0.6) is 0 Å². The molecule has 3 atom stereocenters. The first-order chi connectivity index (χ1) is 11.0. The molecule has 3 nitrogen and oxygen atoms in total. The molecule has 1 N–H and O–H groups in total. The minimum Gasteiger partial charge on any atom is -0.462 e. The lowest BCUT2D eigenvalue weighted by atomic mass is 9.72. The van der Waals surface area contributed by atoms with Crippen molar-refractivity contribution in [3.63, 3.8) is 0 Å². The van der Waals surface area contributed by atoms with E-state index in [0.717, 1.165) is 44.4 Å². The summed E-state index contributed by atoms with van der Waals surface area (Å²) in [6, 6.07) is 0. The molecule has 0 aromatic rings. The van der Waals surface area contributed by atoms with Crippen LogP contribution in [-0.4, -0.2) is 23.3 Å². The molecule has 2 aliphatic carbocycles. The van der Waals surface area contributed by atoms with Crippen LogP contribution >= 0.6 is 0 Å². The minimum absolute atomic E-state index is 0.0958. The second-order valence-electron chi connectivity index (χ2n) is 8.59. The summed E-state index contributed by atoms with van der Waals surface area (Å²) in [7, 11) is 0. The van der Waals surface area contributed by atoms with Crippen LogP contribution in [0.4, 0.5) is 0 Å². The van der Waals surface area contributed by atoms with Crippen LogP contribution in [0.25, 0.3) is 0 Å². The lowest BCUT2D eigenvalue weighted by Crippen LogP contribution is -2.41. The van der Waals surface area contributed by atoms with Crippen molar-refractivity contribution in [3.8, 4) is 0 Å². The van der Waals surface area contributed by atoms with Crippen molar-refractivity contribution in [2.24, 2.45) is 29.6 Å². The SMILES string of the molecule is CC1CCC(C2CCC(C3CCC(C(C)O)CC3)OC2=O)CC1. The van der Waals surface area contributed by atoms with Crippen molar-refractivity contribution in [1.82, 2.24) is 0 Å². The fourth-order valence-electron chi connectivity index (χ4n) is 5.20. The lowest BCUT2D eigenvalue weighted by molar-refractivity contribution is -0.168. The maximum absolute atomic E-state index is 12.5. The highest BCUT2D eigenvalue weighted by atomic mass is 16.5. The van der Waals surface area contributed by atoms with E-state index in [1.165, 1.54) is 25.7 Å². The van der Waals surface area contributed by atoms with E-state index in [9.17, 15) is 9.90 Å². The van der Waals surface area contributed by atoms with Gasteiger partial charge in [-0.2, -0.15) is 0 Å². The molecular weight excluding hydrogens is 288 g/mol. The molecule has 132 valence electrons. The summed E-state index contributed by atoms with van der Waals surface area (Å²) in [5, 5.41) is 9.73. The molecule has 3 aliphatic rings. The molecule has 1 heterocycles. The first-order valence-corrected chi connectivity index (χ1v) is 9.93. The van der Waals surface area contributed by atoms with Crippen molar-refractivity contribution in [2.45, 2.75) is 90.3 Å². The fraction of sp³-hybridized carbons (Fsp3) is 0.950. The Morgan fingerprint density at radius 1 is 0.913 bits per heavy atom. The highest BCUT2D eigenvalue weighted by Crippen LogP contribution is 2.41. The molecule has 3 fully saturated rings. The van der Waals surface area contributed by atoms with Crippen LogP contribution in [0.3, 0.4) is 0 Å². The predicted molar refractivity (Wildman–Crippen MR) is 90.9 cm³/mol. The molecule has 1 saturated heterocycles. The molecule has 0 radical (unpaired) electrons. The van der Waals surface area contributed by atoms with E-state index in [2.05, 4.69) is 6.92 Å². The van der Waals surface area contributed by atoms with Crippen LogP contribution in [0.15, 0.2) is 0 Å². The normalized spacial score (nSPS) is 43.7. The highest BCUT2D eigenvalue weighted by Gasteiger charge is 2.40. The number of cyclic esters (lactones) is 1. The Hall–Kier alpha value is -0.570. The molecule has 3 heteroatoms. The highest BCUT2D eigenvalue weighted by molar-refractivity contribution is 5.73. The van der Waals surface area contributed by atoms with E-state index in [4.69, 9.17) is 4.74 Å². The Kier molecular flexibility index (Phi) is 5.66. The van der Waals surface area contributed by atoms with E-state index in [1.807, 2.05) is 6.92 Å². The van der Waals surface area contributed by atoms with Gasteiger partial charge < -0.3 is 9.84 Å². The Balaban J connectivity index is 1.48. The number of carbonyl (C=O) groups is 1. The quantitative estimate of drug-likeness (QED) is 0.787. The van der Waals surface area contributed by atoms with Crippen LogP contribution in [-0.2, 0) is 9.53 Å². The molecule has 1 aliphatic heterocycles. The van der Waals surface area contributed by atoms with Gasteiger partial charge >= 0.3 is 5.97 Å². The van der Waals surface area contributed by atoms with Gasteiger partial charge in [0.2, 0.25) is 0 Å². The molecule has 3 unspecified atom stereocenters. The number of aliphatic hydroxyl groups is 1. The van der Waals surface area contributed by atoms with Gasteiger partial charge in [0.05, 0.1) is 12.0 Å². The van der Waals surface area contributed by atoms with E-state index in [-0.39, 0.29) is 24.1 Å². The molecular formula is C20H34O3. The molecule has 0 spiro atoms. The van der Waals surface area contributed by atoms with E-state index in [1.54, 1.807) is 0 Å². The lowest BCUT2D eigenvalue weighted by Gasteiger charge is -2.40. The second kappa shape index (κ2) is 7.55. The monoisotopic (exact) mass is 322 g/mol. The summed E-state index contributed by atoms with van der Waals surface area (Å²) < 4.78 is 5.91. The molecule has 3 rings (SSSR count). The zero-order valence-corrected chi connectivity index (χ0v) is 14.9. The van der Waals surface area contributed by atoms with Gasteiger partial charge in [0.15, 0.2) is 0 Å². The number of ether oxygens (including phenoxy) is 1. The van der Waals surface area contributed by atoms with Crippen LogP contribution in [0, 0.1) is 29.6 Å². The van der Waals surface area contributed by atoms with Gasteiger partial charge in [-0.05, 0) is 82.0 Å². The number of aliphatic hydroxyl groups excluding tert-OH is 1. The Labute approximate surface area is 141 Å². The molecule has 23 heavy (non-hydrogen) atoms. The summed E-state index contributed by atoms with van der Waals surface area (Å²) in [6.45, 7) is 4.23. The third-order valence-electron chi connectivity index (χ3n) is 6.99. The molecule has 0 amide bonds. The van der Waals surface area contributed by atoms with Gasteiger partial charge in [-0.15, -0.1) is 0 Å². The maximum Gasteiger partial charge on any atom is 0.309 e. The summed E-state index contributed by atoms with van der Waals surface area (Å²) in [5.74, 6) is 2.66. The Morgan fingerprint density at radius 2 is 1.52 bits per heavy atom. The maximum atomic E-state index is 12.5. The van der Waals surface area contributed by atoms with Gasteiger partial charge in [0, 0.05) is 0 Å². The number of esters is 1. The van der Waals surface area contributed by atoms with Crippen molar-refractivity contribution in [3.05, 3.63) is 0 Å². The van der Waals surface area contributed by atoms with Crippen molar-refractivity contribution < 1.29 is 14.6 Å². The minimum atomic E-state index is -0.192. The van der Waals surface area contributed by atoms with Gasteiger partial charge in [0.1, 0.15) is 6.10 Å². The van der Waals surface area contributed by atoms with Crippen LogP contribution in [0.1, 0.15) is 78.1 Å². The third-order valence-corrected chi connectivity index (χ3v) is 6.99. The Morgan fingerprint density at radius 3 is 2.09 bits per heavy atom. The van der Waals surface area contributed by atoms with Crippen molar-refractivity contribution in [1.29, 1.82) is 0 Å². The average Bonchev–Trinajstić information content (AvgIpc) is 2.56. The predicted octanol–water partition coefficient (Wildman–Crippen LogP) is 4.32. The van der Waals surface area contributed by atoms with Gasteiger partial charge in [-0.3, -0.25) is 4.79 Å². The topological polar surface area (TPSA) is 46.5 Å². The van der Waals surface area contributed by atoms with Gasteiger partial charge in [-0.25, -0.2) is 0 Å². The summed E-state index contributed by atoms with van der Waals surface area (Å²) in [5.41, 5.74) is 0. The summed E-state index contributed by atoms with van der Waals surface area (Å²) >= 11 is 0. The van der Waals surface area contributed by atoms with E-state index in [0.29, 0.717) is 17.8 Å². The smallest absolute Gasteiger partial charge is 0.309 e. The zero-order chi connectivity index (χ0) is 16.4. The third kappa shape index (κ3) is 4.10. The average molecular weight is 322 g/mol. The van der Waals surface area contributed by atoms with E-state index >= 15 is 0 Å². The summed E-state index contributed by atoms with van der Waals surface area (Å²) in [4.78, 5) is 12.5. The van der Waals surface area contributed by atoms with Crippen LogP contribution < -0.4 is 0 Å². The first-order valence-electron chi connectivity index (χ1n) is 9.93. The second-order valence-corrected chi connectivity index (χ2v) is 8.59. The molecule has 0 bridgehead atoms. The van der Waals surface area contributed by atoms with E-state index < -0.39 is 0 Å². The largest absolute Gasteiger partial charge is 0.462 e. The number of rotatable bonds is 3. The molecule has 2 saturated carbocycles. The molecule has 0 aromatic heterocycles. The standard InChI is InChI=1S/C20H34O3/c1-13-3-5-16(6-4-13)18-11-12-19(23-20(18)22)17-9-7-15(8-10-17)14(2)21/h13-19,21H,3-12H2,1-2H3. The fourth-order valence-corrected chi connectivity index (χ4v) is 5.20. The number of hydrogen-bond donors (Lipinski definition) is 1. The number of hydrogen-bond acceptors (Lipinski definition) is 3. The van der Waals surface area contributed by atoms with Gasteiger partial charge in [-0.1, -0.05) is 19.8 Å². The van der Waals surface area contributed by atoms with Crippen LogP contribution in [0.2, 0.25) is 0 Å². The Bertz CT molecular complexity index is 390. The zero-order valence-electron chi connectivity index (χ0n) is 14.9. The van der Waals surface area contributed by atoms with Gasteiger partial charge in [0.25, 0.3) is 0 Å². The number of carbonyl (C=O) groups excluding carboxylic acids is 1.